The number of aromatic nitrogens is 3. The molecule has 0 unspecified atom stereocenters. The molecule has 1 aromatic carbocycles. The van der Waals surface area contributed by atoms with E-state index in [0.717, 1.165) is 67.9 Å². The van der Waals surface area contributed by atoms with E-state index in [0.29, 0.717) is 17.8 Å². The van der Waals surface area contributed by atoms with Crippen LogP contribution in [0, 0.1) is 5.92 Å². The second-order valence-corrected chi connectivity index (χ2v) is 11.5. The molecule has 1 amide bonds. The van der Waals surface area contributed by atoms with Gasteiger partial charge in [0.15, 0.2) is 0 Å². The fourth-order valence-corrected chi connectivity index (χ4v) is 4.95. The number of fused-ring (bicyclic) bond motifs is 1. The lowest BCUT2D eigenvalue weighted by molar-refractivity contribution is -0.134. The summed E-state index contributed by atoms with van der Waals surface area (Å²) < 4.78 is 12.4. The van der Waals surface area contributed by atoms with Gasteiger partial charge in [-0.25, -0.2) is 9.97 Å². The molecule has 1 saturated carbocycles. The van der Waals surface area contributed by atoms with E-state index in [1.54, 1.807) is 0 Å². The van der Waals surface area contributed by atoms with E-state index in [1.165, 1.54) is 5.56 Å². The van der Waals surface area contributed by atoms with Gasteiger partial charge < -0.3 is 24.5 Å². The maximum Gasteiger partial charge on any atom is 0.494 e. The minimum atomic E-state index is -0.416. The number of H-pyrrole nitrogens is 1. The van der Waals surface area contributed by atoms with Gasteiger partial charge in [0.25, 0.3) is 0 Å². The lowest BCUT2D eigenvalue weighted by Gasteiger charge is -2.34. The molecule has 0 atom stereocenters. The SMILES string of the molecule is CC1(C)OB(c2ccc3nc(Nc4cc(CN5CCN(C(=O)C6CC6)CC5)ccn4)[nH]c3c2)OC1(C)C. The van der Waals surface area contributed by atoms with Crippen molar-refractivity contribution >= 4 is 41.3 Å². The summed E-state index contributed by atoms with van der Waals surface area (Å²) in [5.74, 6) is 2.03. The smallest absolute Gasteiger partial charge is 0.399 e. The average molecular weight is 502 g/mol. The number of nitrogens with zero attached hydrogens (tertiary/aromatic N) is 4. The first-order chi connectivity index (χ1) is 17.7. The Morgan fingerprint density at radius 3 is 2.51 bits per heavy atom. The van der Waals surface area contributed by atoms with E-state index in [9.17, 15) is 4.79 Å². The van der Waals surface area contributed by atoms with Gasteiger partial charge in [-0.2, -0.15) is 0 Å². The Bertz CT molecular complexity index is 1300. The third-order valence-electron chi connectivity index (χ3n) is 8.12. The lowest BCUT2D eigenvalue weighted by atomic mass is 9.79. The predicted octanol–water partition coefficient (Wildman–Crippen LogP) is 3.05. The highest BCUT2D eigenvalue weighted by molar-refractivity contribution is 6.62. The van der Waals surface area contributed by atoms with Crippen molar-refractivity contribution in [2.24, 2.45) is 5.92 Å². The van der Waals surface area contributed by atoms with Crippen LogP contribution in [-0.2, 0) is 20.6 Å². The van der Waals surface area contributed by atoms with Crippen molar-refractivity contribution in [2.45, 2.75) is 58.3 Å². The molecule has 3 aliphatic rings. The van der Waals surface area contributed by atoms with Crippen LogP contribution >= 0.6 is 0 Å². The van der Waals surface area contributed by atoms with Gasteiger partial charge in [0.1, 0.15) is 5.82 Å². The summed E-state index contributed by atoms with van der Waals surface area (Å²) >= 11 is 0. The van der Waals surface area contributed by atoms with Crippen LogP contribution in [0.1, 0.15) is 46.1 Å². The third kappa shape index (κ3) is 4.97. The molecule has 9 nitrogen and oxygen atoms in total. The summed E-state index contributed by atoms with van der Waals surface area (Å²) in [5.41, 5.74) is 3.14. The first kappa shape index (κ1) is 24.4. The normalized spacial score (nSPS) is 21.5. The second-order valence-electron chi connectivity index (χ2n) is 11.5. The molecule has 2 aliphatic heterocycles. The summed E-state index contributed by atoms with van der Waals surface area (Å²) in [5, 5.41) is 3.32. The van der Waals surface area contributed by atoms with Gasteiger partial charge in [-0.1, -0.05) is 6.07 Å². The maximum atomic E-state index is 12.3. The number of piperazine rings is 1. The Morgan fingerprint density at radius 1 is 1.08 bits per heavy atom. The van der Waals surface area contributed by atoms with Crippen LogP contribution in [-0.4, -0.2) is 75.2 Å². The molecule has 2 N–H and O–H groups in total. The van der Waals surface area contributed by atoms with Crippen molar-refractivity contribution in [2.75, 3.05) is 31.5 Å². The van der Waals surface area contributed by atoms with Crippen molar-refractivity contribution in [3.8, 4) is 0 Å². The fraction of sp³-hybridized carbons (Fsp3) is 0.519. The van der Waals surface area contributed by atoms with Crippen LogP contribution in [0.5, 0.6) is 0 Å². The highest BCUT2D eigenvalue weighted by Crippen LogP contribution is 2.36. The van der Waals surface area contributed by atoms with Crippen LogP contribution in [0.4, 0.5) is 11.8 Å². The van der Waals surface area contributed by atoms with Crippen LogP contribution in [0.3, 0.4) is 0 Å². The van der Waals surface area contributed by atoms with Gasteiger partial charge in [0.2, 0.25) is 11.9 Å². The minimum absolute atomic E-state index is 0.300. The van der Waals surface area contributed by atoms with E-state index < -0.39 is 7.12 Å². The second kappa shape index (κ2) is 9.11. The molecule has 0 bridgehead atoms. The standard InChI is InChI=1S/C27H35BN6O3/c1-26(2)27(3,4)37-28(36-26)20-7-8-21-22(16-20)31-25(30-21)32-23-15-18(9-10-29-23)17-33-11-13-34(14-12-33)24(35)19-5-6-19/h7-10,15-16,19H,5-6,11-14,17H2,1-4H3,(H2,29,30,31,32). The summed E-state index contributed by atoms with van der Waals surface area (Å²) in [4.78, 5) is 29.3. The van der Waals surface area contributed by atoms with E-state index in [1.807, 2.05) is 35.4 Å². The van der Waals surface area contributed by atoms with Crippen LogP contribution in [0.25, 0.3) is 11.0 Å². The third-order valence-corrected chi connectivity index (χ3v) is 8.12. The van der Waals surface area contributed by atoms with Crippen molar-refractivity contribution in [3.05, 3.63) is 42.1 Å². The molecule has 3 aromatic rings. The molecule has 194 valence electrons. The van der Waals surface area contributed by atoms with Crippen LogP contribution in [0.2, 0.25) is 0 Å². The Hall–Kier alpha value is -2.95. The lowest BCUT2D eigenvalue weighted by Crippen LogP contribution is -2.48. The molecule has 3 fully saturated rings. The van der Waals surface area contributed by atoms with E-state index >= 15 is 0 Å². The van der Waals surface area contributed by atoms with Gasteiger partial charge in [-0.3, -0.25) is 9.69 Å². The topological polar surface area (TPSA) is 95.6 Å². The number of anilines is 2. The number of carbonyl (C=O) groups excluding carboxylic acids is 1. The number of pyridine rings is 1. The van der Waals surface area contributed by atoms with Gasteiger partial charge in [-0.15, -0.1) is 0 Å². The molecule has 37 heavy (non-hydrogen) atoms. The molecule has 10 heteroatoms. The quantitative estimate of drug-likeness (QED) is 0.501. The summed E-state index contributed by atoms with van der Waals surface area (Å²) in [6.07, 6.45) is 3.96. The monoisotopic (exact) mass is 502 g/mol. The van der Waals surface area contributed by atoms with Crippen LogP contribution < -0.4 is 10.8 Å². The van der Waals surface area contributed by atoms with Crippen molar-refractivity contribution in [1.82, 2.24) is 24.8 Å². The van der Waals surface area contributed by atoms with Crippen molar-refractivity contribution in [1.29, 1.82) is 0 Å². The zero-order valence-corrected chi connectivity index (χ0v) is 22.1. The Kier molecular flexibility index (Phi) is 6.01. The molecular weight excluding hydrogens is 467 g/mol. The first-order valence-corrected chi connectivity index (χ1v) is 13.3. The number of aromatic amines is 1. The number of amides is 1. The molecule has 0 spiro atoms. The van der Waals surface area contributed by atoms with Crippen molar-refractivity contribution in [3.63, 3.8) is 0 Å². The first-order valence-electron chi connectivity index (χ1n) is 13.3. The Labute approximate surface area is 218 Å². The number of rotatable bonds is 6. The molecule has 6 rings (SSSR count). The number of hydrogen-bond acceptors (Lipinski definition) is 7. The fourth-order valence-electron chi connectivity index (χ4n) is 4.95. The predicted molar refractivity (Wildman–Crippen MR) is 144 cm³/mol. The Morgan fingerprint density at radius 2 is 1.81 bits per heavy atom. The number of nitrogens with one attached hydrogen (secondary N) is 2. The molecule has 2 saturated heterocycles. The van der Waals surface area contributed by atoms with E-state index in [-0.39, 0.29) is 11.2 Å². The number of imidazole rings is 1. The zero-order valence-electron chi connectivity index (χ0n) is 22.1. The number of benzene rings is 1. The highest BCUT2D eigenvalue weighted by Gasteiger charge is 2.51. The van der Waals surface area contributed by atoms with Crippen molar-refractivity contribution < 1.29 is 14.1 Å². The average Bonchev–Trinajstić information content (AvgIpc) is 3.58. The minimum Gasteiger partial charge on any atom is -0.399 e. The molecule has 2 aromatic heterocycles. The summed E-state index contributed by atoms with van der Waals surface area (Å²) in [6, 6.07) is 10.1. The summed E-state index contributed by atoms with van der Waals surface area (Å²) in [6.45, 7) is 12.5. The van der Waals surface area contributed by atoms with Gasteiger partial charge in [-0.05, 0) is 75.8 Å². The van der Waals surface area contributed by atoms with Gasteiger partial charge >= 0.3 is 7.12 Å². The molecule has 0 radical (unpaired) electrons. The zero-order chi connectivity index (χ0) is 25.8. The Balaban J connectivity index is 1.10. The molecule has 4 heterocycles. The summed E-state index contributed by atoms with van der Waals surface area (Å²) in [7, 11) is -0.416. The highest BCUT2D eigenvalue weighted by atomic mass is 16.7. The number of hydrogen-bond donors (Lipinski definition) is 2. The largest absolute Gasteiger partial charge is 0.494 e. The van der Waals surface area contributed by atoms with E-state index in [2.05, 4.69) is 58.9 Å². The van der Waals surface area contributed by atoms with Gasteiger partial charge in [0.05, 0.1) is 22.2 Å². The van der Waals surface area contributed by atoms with Crippen LogP contribution in [0.15, 0.2) is 36.5 Å². The maximum absolute atomic E-state index is 12.3. The van der Waals surface area contributed by atoms with E-state index in [4.69, 9.17) is 9.31 Å². The molecule has 1 aliphatic carbocycles. The van der Waals surface area contributed by atoms with Gasteiger partial charge in [0, 0.05) is 44.8 Å². The molecular formula is C27H35BN6O3. The number of carbonyl (C=O) groups is 1.